The number of aliphatic hydroxyl groups is 1. The number of imidazole rings is 1. The van der Waals surface area contributed by atoms with Gasteiger partial charge in [0.05, 0.1) is 38.2 Å². The first kappa shape index (κ1) is 102. The van der Waals surface area contributed by atoms with Crippen LogP contribution < -0.4 is 81.0 Å². The summed E-state index contributed by atoms with van der Waals surface area (Å²) in [6, 6.07) is 11.6. The van der Waals surface area contributed by atoms with Crippen LogP contribution in [-0.2, 0) is 114 Å². The molecule has 13 atom stereocenters. The summed E-state index contributed by atoms with van der Waals surface area (Å²) in [6.45, 7) is 3.52. The minimum atomic E-state index is -1.87. The van der Waals surface area contributed by atoms with Crippen molar-refractivity contribution in [3.8, 4) is 0 Å². The summed E-state index contributed by atoms with van der Waals surface area (Å²) < 4.78 is 0. The highest BCUT2D eigenvalue weighted by atomic mass is 32.2. The second-order valence-corrected chi connectivity index (χ2v) is 34.5. The van der Waals surface area contributed by atoms with Crippen LogP contribution in [0.1, 0.15) is 107 Å². The van der Waals surface area contributed by atoms with E-state index in [2.05, 4.69) is 83.7 Å². The number of fused-ring (bicyclic) bond motifs is 3. The molecule has 2 aliphatic rings. The van der Waals surface area contributed by atoms with Crippen LogP contribution in [0.3, 0.4) is 0 Å². The van der Waals surface area contributed by atoms with Gasteiger partial charge in [0.15, 0.2) is 5.96 Å². The molecule has 3 aromatic heterocycles. The van der Waals surface area contributed by atoms with Gasteiger partial charge in [0, 0.05) is 112 Å². The molecular weight excluding hydrogens is 1740 g/mol. The molecule has 43 heteroatoms. The number of hydrogen-bond acceptors (Lipinski definition) is 21. The van der Waals surface area contributed by atoms with Gasteiger partial charge in [-0.15, -0.1) is 11.8 Å². The van der Waals surface area contributed by atoms with Crippen LogP contribution in [0.4, 0.5) is 0 Å². The normalized spacial score (nSPS) is 23.3. The lowest BCUT2D eigenvalue weighted by Crippen LogP contribution is -2.61. The molecule has 9 rings (SSSR count). The molecule has 17 amide bonds. The maximum absolute atomic E-state index is 15.4. The number of hydrogen-bond donors (Lipinski definition) is 20. The number of amides is 17. The Balaban J connectivity index is 1.07. The number of carbonyl (C=O) groups excluding carboxylic acids is 17. The van der Waals surface area contributed by atoms with E-state index in [1.165, 1.54) is 47.5 Å². The van der Waals surface area contributed by atoms with E-state index in [0.29, 0.717) is 50.6 Å². The van der Waals surface area contributed by atoms with E-state index in [9.17, 15) is 67.4 Å². The highest BCUT2D eigenvalue weighted by Gasteiger charge is 2.43. The Morgan fingerprint density at radius 2 is 1.02 bits per heavy atom. The highest BCUT2D eigenvalue weighted by molar-refractivity contribution is 8.00. The molecule has 7 aromatic rings. The summed E-state index contributed by atoms with van der Waals surface area (Å²) in [6.07, 6.45) is 4.74. The summed E-state index contributed by atoms with van der Waals surface area (Å²) in [7, 11) is 3.81. The van der Waals surface area contributed by atoms with Gasteiger partial charge in [0.2, 0.25) is 100 Å². The van der Waals surface area contributed by atoms with Crippen molar-refractivity contribution in [2.45, 2.75) is 190 Å². The van der Waals surface area contributed by atoms with Crippen molar-refractivity contribution in [3.63, 3.8) is 0 Å². The van der Waals surface area contributed by atoms with Crippen LogP contribution >= 0.6 is 11.8 Å². The van der Waals surface area contributed by atoms with Crippen LogP contribution in [0, 0.1) is 11.3 Å². The van der Waals surface area contributed by atoms with Crippen LogP contribution in [-0.4, -0.2) is 295 Å². The van der Waals surface area contributed by atoms with Crippen molar-refractivity contribution in [1.82, 2.24) is 103 Å². The van der Waals surface area contributed by atoms with Gasteiger partial charge in [-0.25, -0.2) is 4.98 Å². The predicted octanol–water partition coefficient (Wildman–Crippen LogP) is -2.82. The predicted molar refractivity (Wildman–Crippen MR) is 491 cm³/mol. The Labute approximate surface area is 771 Å². The second-order valence-electron chi connectivity index (χ2n) is 33.5. The highest BCUT2D eigenvalue weighted by Crippen LogP contribution is 2.25. The van der Waals surface area contributed by atoms with Crippen LogP contribution in [0.5, 0.6) is 0 Å². The zero-order valence-corrected chi connectivity index (χ0v) is 76.0. The number of aromatic amines is 3. The van der Waals surface area contributed by atoms with E-state index in [1.807, 2.05) is 30.3 Å². The average molecular weight is 1860 g/mol. The van der Waals surface area contributed by atoms with E-state index in [1.54, 1.807) is 105 Å². The zero-order valence-electron chi connectivity index (χ0n) is 75.2. The van der Waals surface area contributed by atoms with E-state index >= 15 is 19.2 Å². The Bertz CT molecular complexity index is 5290. The SMILES string of the molecule is CC(C)C[C@@H]1NC(=O)[C@H](Cc2cnc[nH]2)NC(=O)[C@@H]2CCCN2C(=O)[C@H](CC(N)=O)NC(=O)[C@H](C)N(C)C(=O)[C@H](Cc2ccccc2)NC(=O)CSC[C@@H](C(=O)NCC(N)=O)NC(=O)[C@H](CCCNC(=N)N)NC(=O)[C@H](C)N(C)C(=O)[C@H](CCCc2ccccc2)NC(=O)[C@H](Cc2c[nH]c3ccccc23)NC(=O)[C@H](CO)NC(=O)[C@H](Cc2c[nH]c3ccccc23)NC(=O)CN(C)C1=O. The number of carbonyl (C=O) groups is 17. The van der Waals surface area contributed by atoms with Crippen LogP contribution in [0.15, 0.2) is 134 Å². The maximum atomic E-state index is 15.4. The molecule has 0 aliphatic carbocycles. The van der Waals surface area contributed by atoms with Gasteiger partial charge in [0.25, 0.3) is 0 Å². The van der Waals surface area contributed by atoms with Crippen molar-refractivity contribution < 1.29 is 86.6 Å². The van der Waals surface area contributed by atoms with Gasteiger partial charge in [-0.3, -0.25) is 86.9 Å². The number of likely N-dealkylation sites (N-methyl/N-ethyl adjacent to an activating group) is 3. The van der Waals surface area contributed by atoms with Crippen molar-refractivity contribution >= 4 is 140 Å². The van der Waals surface area contributed by atoms with Gasteiger partial charge in [0.1, 0.15) is 78.5 Å². The molecule has 0 radical (unpaired) electrons. The van der Waals surface area contributed by atoms with Crippen LogP contribution in [0.25, 0.3) is 21.8 Å². The maximum Gasteiger partial charge on any atom is 0.246 e. The fourth-order valence-electron chi connectivity index (χ4n) is 15.6. The molecule has 0 saturated carbocycles. The number of para-hydroxylation sites is 2. The summed E-state index contributed by atoms with van der Waals surface area (Å²) in [5.74, 6) is -17.6. The number of thioether (sulfide) groups is 1. The molecule has 2 aliphatic heterocycles. The summed E-state index contributed by atoms with van der Waals surface area (Å²) in [4.78, 5) is 264. The molecule has 42 nitrogen and oxygen atoms in total. The number of aryl methyl sites for hydroxylation is 1. The van der Waals surface area contributed by atoms with Gasteiger partial charge in [-0.1, -0.05) is 111 Å². The topological polar surface area (TPSA) is 630 Å². The first-order valence-corrected chi connectivity index (χ1v) is 45.0. The fourth-order valence-corrected chi connectivity index (χ4v) is 16.4. The van der Waals surface area contributed by atoms with E-state index in [4.69, 9.17) is 22.6 Å². The third kappa shape index (κ3) is 30.1. The lowest BCUT2D eigenvalue weighted by atomic mass is 10.0. The fraction of sp³-hybridized carbons (Fsp3) is 0.456. The molecule has 0 unspecified atom stereocenters. The lowest BCUT2D eigenvalue weighted by Gasteiger charge is -2.32. The minimum absolute atomic E-state index is 0.0113. The Morgan fingerprint density at radius 1 is 0.519 bits per heavy atom. The molecule has 2 fully saturated rings. The Hall–Kier alpha value is -14.3. The zero-order chi connectivity index (χ0) is 96.7. The second kappa shape index (κ2) is 49.7. The molecular formula is C90H120N24O18S. The third-order valence-electron chi connectivity index (χ3n) is 23.0. The summed E-state index contributed by atoms with van der Waals surface area (Å²) in [5, 5.41) is 51.9. The minimum Gasteiger partial charge on any atom is -0.394 e. The van der Waals surface area contributed by atoms with Crippen molar-refractivity contribution in [2.24, 2.45) is 23.1 Å². The average Bonchev–Trinajstić information content (AvgIpc) is 1.78. The smallest absolute Gasteiger partial charge is 0.246 e. The van der Waals surface area contributed by atoms with E-state index in [0.717, 1.165) is 36.9 Å². The third-order valence-corrected chi connectivity index (χ3v) is 24.0. The number of nitrogens with one attached hydrogen (secondary N) is 16. The number of aliphatic hydroxyl groups excluding tert-OH is 1. The molecule has 0 bridgehead atoms. The number of aromatic nitrogens is 4. The largest absolute Gasteiger partial charge is 0.394 e. The summed E-state index contributed by atoms with van der Waals surface area (Å²) in [5.41, 5.74) is 20.8. The van der Waals surface area contributed by atoms with E-state index in [-0.39, 0.29) is 89.6 Å². The number of nitrogens with two attached hydrogens (primary N) is 3. The number of H-pyrrole nitrogens is 3. The van der Waals surface area contributed by atoms with E-state index < -0.39 is 223 Å². The Kier molecular flexibility index (Phi) is 38.3. The molecule has 2 saturated heterocycles. The van der Waals surface area contributed by atoms with Crippen molar-refractivity contribution in [2.75, 3.05) is 65.4 Å². The molecule has 0 spiro atoms. The number of rotatable bonds is 24. The van der Waals surface area contributed by atoms with Crippen molar-refractivity contribution in [1.29, 1.82) is 5.41 Å². The first-order chi connectivity index (χ1) is 63.5. The number of benzene rings is 4. The Morgan fingerprint density at radius 3 is 1.59 bits per heavy atom. The monoisotopic (exact) mass is 1860 g/mol. The molecule has 714 valence electrons. The number of guanidine groups is 1. The molecule has 4 aromatic carbocycles. The molecule has 133 heavy (non-hydrogen) atoms. The quantitative estimate of drug-likeness (QED) is 0.0165. The van der Waals surface area contributed by atoms with Gasteiger partial charge >= 0.3 is 0 Å². The lowest BCUT2D eigenvalue weighted by molar-refractivity contribution is -0.145. The van der Waals surface area contributed by atoms with Gasteiger partial charge < -0.3 is 121 Å². The standard InChI is InChI=1S/C90H120N24O18S/c1-50(2)35-67-86(129)111(5)45-75(118)101-64(37-55-41-97-60-28-16-14-26-58(55)60)81(124)109-70(46-115)84(127)105-65(38-56-42-98-61-29-17-15-27-59(56)61)82(125)104-63(30-18-25-53-21-10-8-11-22-53)87(130)112(6)51(3)77(120)103-62(31-19-33-96-90(93)94)80(123)110-71(79(122)99-44-74(92)117)47-133-48-76(119)102-68(36-54-23-12-9-13-24-54)88(131)113(7)52(4)78(121)107-69(40-73(91)116)89(132)114-34-20-32-72(114)85(128)106-66(83(126)108-67)39-57-43-95-49-100-57/h8-17,21-24,26-29,41-43,49-52,62-72,97-98,115H,18-20,25,30-40,44-48H2,1-7H3,(H2,91,116)(H2,92,117)(H,95,100)(H,99,122)(H,101,118)(H,102,119)(H,103,120)(H,104,125)(H,105,127)(H,106,128)(H,107,121)(H,108,126)(H,109,124)(H,110,123)(H4,93,94,96)/t51-,52-,62-,63-,64-,65-,66-,67-,68-,69-,70-,71-,72-/m0/s1. The summed E-state index contributed by atoms with van der Waals surface area (Å²) >= 11 is 0.783. The van der Waals surface area contributed by atoms with Gasteiger partial charge in [-0.05, 0) is 106 Å². The number of nitrogens with zero attached hydrogens (tertiary/aromatic N) is 5. The van der Waals surface area contributed by atoms with Gasteiger partial charge in [-0.2, -0.15) is 0 Å². The first-order valence-electron chi connectivity index (χ1n) is 43.8. The van der Waals surface area contributed by atoms with Crippen molar-refractivity contribution in [3.05, 3.63) is 162 Å². The molecule has 5 heterocycles. The molecule has 23 N–H and O–H groups in total. The number of primary amides is 2. The van der Waals surface area contributed by atoms with Crippen LogP contribution in [0.2, 0.25) is 0 Å².